The number of carbonyl (C=O) groups excluding carboxylic acids is 1. The van der Waals surface area contributed by atoms with Gasteiger partial charge in [0, 0.05) is 6.07 Å². The lowest BCUT2D eigenvalue weighted by Crippen LogP contribution is -2.33. The van der Waals surface area contributed by atoms with E-state index < -0.39 is 29.5 Å². The Morgan fingerprint density at radius 2 is 1.81 bits per heavy atom. The number of nitrogens with one attached hydrogen (secondary N) is 2. The second-order valence-corrected chi connectivity index (χ2v) is 7.06. The summed E-state index contributed by atoms with van der Waals surface area (Å²) in [6, 6.07) is 0.954. The number of halogens is 6. The third-order valence-electron chi connectivity index (χ3n) is 4.80. The lowest BCUT2D eigenvalue weighted by atomic mass is 10.00. The highest BCUT2D eigenvalue weighted by Crippen LogP contribution is 2.60. The summed E-state index contributed by atoms with van der Waals surface area (Å²) in [5, 5.41) is 14.5. The van der Waals surface area contributed by atoms with Crippen LogP contribution in [-0.4, -0.2) is 37.0 Å². The van der Waals surface area contributed by atoms with E-state index in [1.165, 1.54) is 6.07 Å². The first-order valence-corrected chi connectivity index (χ1v) is 8.81. The van der Waals surface area contributed by atoms with Crippen molar-refractivity contribution in [3.05, 3.63) is 41.6 Å². The summed E-state index contributed by atoms with van der Waals surface area (Å²) in [5.41, 5.74) is -3.86. The summed E-state index contributed by atoms with van der Waals surface area (Å²) >= 11 is 0. The highest BCUT2D eigenvalue weighted by molar-refractivity contribution is 6.00. The van der Waals surface area contributed by atoms with E-state index in [0.717, 1.165) is 16.9 Å². The van der Waals surface area contributed by atoms with E-state index in [2.05, 4.69) is 30.9 Å². The van der Waals surface area contributed by atoms with E-state index in [1.54, 1.807) is 6.92 Å². The smallest absolute Gasteiger partial charge is 0.306 e. The van der Waals surface area contributed by atoms with Gasteiger partial charge in [0.1, 0.15) is 5.41 Å². The van der Waals surface area contributed by atoms with Crippen molar-refractivity contribution in [2.75, 3.05) is 10.6 Å². The molecular weight excluding hydrogens is 432 g/mol. The molecule has 14 heteroatoms. The topological polar surface area (TPSA) is 97.1 Å². The van der Waals surface area contributed by atoms with Crippen molar-refractivity contribution < 1.29 is 31.1 Å². The number of anilines is 2. The molecule has 3 heterocycles. The Bertz CT molecular complexity index is 1170. The molecule has 0 spiro atoms. The molecule has 0 aromatic carbocycles. The first-order chi connectivity index (χ1) is 14.4. The molecule has 3 aromatic rings. The zero-order valence-corrected chi connectivity index (χ0v) is 15.6. The molecule has 2 amide bonds. The van der Waals surface area contributed by atoms with Crippen molar-refractivity contribution in [3.63, 3.8) is 0 Å². The number of amides is 2. The Hall–Kier alpha value is -3.45. The average Bonchev–Trinajstić information content (AvgIpc) is 3.37. The van der Waals surface area contributed by atoms with Crippen LogP contribution >= 0.6 is 0 Å². The maximum absolute atomic E-state index is 13.8. The number of hydrogen-bond donors (Lipinski definition) is 2. The van der Waals surface area contributed by atoms with Crippen LogP contribution in [0.4, 0.5) is 42.5 Å². The van der Waals surface area contributed by atoms with E-state index in [0.29, 0.717) is 11.8 Å². The average molecular weight is 445 g/mol. The van der Waals surface area contributed by atoms with Gasteiger partial charge in [-0.15, -0.1) is 5.10 Å². The van der Waals surface area contributed by atoms with Gasteiger partial charge >= 0.3 is 18.4 Å². The first-order valence-electron chi connectivity index (χ1n) is 8.81. The zero-order chi connectivity index (χ0) is 22.6. The Morgan fingerprint density at radius 3 is 2.42 bits per heavy atom. The maximum Gasteiger partial charge on any atom is 0.435 e. The lowest BCUT2D eigenvalue weighted by Gasteiger charge is -2.23. The highest BCUT2D eigenvalue weighted by Gasteiger charge is 2.66. The Kier molecular flexibility index (Phi) is 4.55. The van der Waals surface area contributed by atoms with Gasteiger partial charge in [-0.3, -0.25) is 0 Å². The van der Waals surface area contributed by atoms with Crippen molar-refractivity contribution in [2.45, 2.75) is 37.5 Å². The maximum atomic E-state index is 13.8. The van der Waals surface area contributed by atoms with E-state index in [1.807, 2.05) is 0 Å². The third-order valence-corrected chi connectivity index (χ3v) is 4.80. The predicted octanol–water partition coefficient (Wildman–Crippen LogP) is 4.08. The number of urea groups is 1. The first kappa shape index (κ1) is 20.8. The van der Waals surface area contributed by atoms with E-state index in [4.69, 9.17) is 0 Å². The number of hydrogen-bond acceptors (Lipinski definition) is 5. The normalized spacial score (nSPS) is 15.7. The van der Waals surface area contributed by atoms with Gasteiger partial charge in [0.25, 0.3) is 0 Å². The van der Waals surface area contributed by atoms with Crippen LogP contribution in [0.25, 0.3) is 5.65 Å². The standard InChI is InChI=1S/C17H13F6N7O/c1-8-4-12-24-7-10(13(30(12)29-8)15(2-3-15)17(21,22)23)27-14(31)26-9-5-11(16(18,19)20)28-25-6-9/h4-7H,2-3H2,1H3,(H2,26,27,28,31). The van der Waals surface area contributed by atoms with Gasteiger partial charge in [-0.2, -0.15) is 36.5 Å². The minimum atomic E-state index is -4.79. The van der Waals surface area contributed by atoms with E-state index in [9.17, 15) is 31.1 Å². The molecule has 0 bridgehead atoms. The predicted molar refractivity (Wildman–Crippen MR) is 94.4 cm³/mol. The van der Waals surface area contributed by atoms with Crippen LogP contribution in [0.3, 0.4) is 0 Å². The van der Waals surface area contributed by atoms with Crippen LogP contribution in [0.1, 0.15) is 29.9 Å². The summed E-state index contributed by atoms with van der Waals surface area (Å²) in [4.78, 5) is 16.4. The van der Waals surface area contributed by atoms with Gasteiger partial charge in [0.15, 0.2) is 11.3 Å². The van der Waals surface area contributed by atoms with Crippen LogP contribution in [0.5, 0.6) is 0 Å². The molecule has 0 unspecified atom stereocenters. The van der Waals surface area contributed by atoms with Crippen LogP contribution < -0.4 is 10.6 Å². The number of aryl methyl sites for hydroxylation is 1. The molecule has 4 rings (SSSR count). The lowest BCUT2D eigenvalue weighted by molar-refractivity contribution is -0.161. The van der Waals surface area contributed by atoms with Crippen molar-refractivity contribution in [2.24, 2.45) is 0 Å². The van der Waals surface area contributed by atoms with Crippen LogP contribution in [0.2, 0.25) is 0 Å². The van der Waals surface area contributed by atoms with Gasteiger partial charge in [-0.25, -0.2) is 14.3 Å². The third kappa shape index (κ3) is 3.72. The molecular formula is C17H13F6N7O. The molecule has 1 fully saturated rings. The van der Waals surface area contributed by atoms with Gasteiger partial charge in [0.2, 0.25) is 0 Å². The minimum Gasteiger partial charge on any atom is -0.306 e. The fourth-order valence-electron chi connectivity index (χ4n) is 3.24. The number of alkyl halides is 6. The van der Waals surface area contributed by atoms with Gasteiger partial charge in [-0.05, 0) is 25.8 Å². The van der Waals surface area contributed by atoms with Crippen molar-refractivity contribution in [1.82, 2.24) is 24.8 Å². The fraction of sp³-hybridized carbons (Fsp3) is 0.353. The Morgan fingerprint density at radius 1 is 1.10 bits per heavy atom. The van der Waals surface area contributed by atoms with Crippen LogP contribution in [0, 0.1) is 6.92 Å². The monoisotopic (exact) mass is 445 g/mol. The number of aromatic nitrogens is 5. The zero-order valence-electron chi connectivity index (χ0n) is 15.6. The summed E-state index contributed by atoms with van der Waals surface area (Å²) in [6.45, 7) is 1.58. The summed E-state index contributed by atoms with van der Waals surface area (Å²) in [6.07, 6.45) is -7.87. The summed E-state index contributed by atoms with van der Waals surface area (Å²) in [7, 11) is 0. The number of rotatable bonds is 3. The van der Waals surface area contributed by atoms with Crippen molar-refractivity contribution >= 4 is 23.1 Å². The molecule has 0 radical (unpaired) electrons. The SMILES string of the molecule is Cc1cc2ncc(NC(=O)Nc3cnnc(C(F)(F)F)c3)c(C3(C(F)(F)F)CC3)n2n1. The molecule has 0 atom stereocenters. The Balaban J connectivity index is 1.68. The molecule has 164 valence electrons. The number of nitrogens with zero attached hydrogens (tertiary/aromatic N) is 5. The van der Waals surface area contributed by atoms with Gasteiger partial charge in [0.05, 0.1) is 35.2 Å². The molecule has 1 aliphatic rings. The van der Waals surface area contributed by atoms with E-state index in [-0.39, 0.29) is 35.6 Å². The molecule has 1 aliphatic carbocycles. The number of carbonyl (C=O) groups is 1. The van der Waals surface area contributed by atoms with Gasteiger partial charge < -0.3 is 10.6 Å². The van der Waals surface area contributed by atoms with Crippen LogP contribution in [0.15, 0.2) is 24.5 Å². The Labute approximate surface area is 169 Å². The molecule has 3 aromatic heterocycles. The molecule has 0 aliphatic heterocycles. The second-order valence-electron chi connectivity index (χ2n) is 7.06. The van der Waals surface area contributed by atoms with Crippen LogP contribution in [-0.2, 0) is 11.6 Å². The summed E-state index contributed by atoms with van der Waals surface area (Å²) < 4.78 is 80.8. The molecule has 0 saturated heterocycles. The van der Waals surface area contributed by atoms with Gasteiger partial charge in [-0.1, -0.05) is 0 Å². The van der Waals surface area contributed by atoms with Crippen molar-refractivity contribution in [3.8, 4) is 0 Å². The molecule has 31 heavy (non-hydrogen) atoms. The summed E-state index contributed by atoms with van der Waals surface area (Å²) in [5.74, 6) is 0. The molecule has 2 N–H and O–H groups in total. The quantitative estimate of drug-likeness (QED) is 0.592. The van der Waals surface area contributed by atoms with Crippen molar-refractivity contribution in [1.29, 1.82) is 0 Å². The number of fused-ring (bicyclic) bond motifs is 1. The minimum absolute atomic E-state index is 0.169. The highest BCUT2D eigenvalue weighted by atomic mass is 19.4. The largest absolute Gasteiger partial charge is 0.435 e. The molecule has 8 nitrogen and oxygen atoms in total. The second kappa shape index (κ2) is 6.78. The molecule has 1 saturated carbocycles. The van der Waals surface area contributed by atoms with E-state index >= 15 is 0 Å². The fourth-order valence-corrected chi connectivity index (χ4v) is 3.24.